The fourth-order valence-electron chi connectivity index (χ4n) is 2.76. The number of ether oxygens (including phenoxy) is 1. The van der Waals surface area contributed by atoms with E-state index in [4.69, 9.17) is 4.74 Å². The summed E-state index contributed by atoms with van der Waals surface area (Å²) in [6, 6.07) is 14.2. The molecule has 0 unspecified atom stereocenters. The first-order valence-electron chi connectivity index (χ1n) is 8.25. The summed E-state index contributed by atoms with van der Waals surface area (Å²) >= 11 is 0. The molecule has 4 nitrogen and oxygen atoms in total. The maximum absolute atomic E-state index is 12.3. The Labute approximate surface area is 144 Å². The highest BCUT2D eigenvalue weighted by Gasteiger charge is 2.11. The van der Waals surface area contributed by atoms with Gasteiger partial charge < -0.3 is 15.0 Å². The second-order valence-electron chi connectivity index (χ2n) is 6.42. The maximum atomic E-state index is 12.3. The summed E-state index contributed by atoms with van der Waals surface area (Å²) in [6.07, 6.45) is 0.325. The minimum absolute atomic E-state index is 0.00547. The molecule has 128 valence electrons. The summed E-state index contributed by atoms with van der Waals surface area (Å²) < 4.78 is 5.34. The molecule has 0 atom stereocenters. The van der Waals surface area contributed by atoms with Gasteiger partial charge in [0.25, 0.3) is 0 Å². The summed E-state index contributed by atoms with van der Waals surface area (Å²) in [4.78, 5) is 13.7. The Hall–Kier alpha value is -2.33. The number of benzene rings is 2. The third kappa shape index (κ3) is 5.10. The predicted octanol–water partition coefficient (Wildman–Crippen LogP) is 1.51. The van der Waals surface area contributed by atoms with Crippen molar-refractivity contribution in [2.24, 2.45) is 0 Å². The minimum Gasteiger partial charge on any atom is -0.496 e. The average Bonchev–Trinajstić information content (AvgIpc) is 2.54. The molecule has 2 rings (SSSR count). The van der Waals surface area contributed by atoms with Crippen LogP contribution in [0, 0.1) is 6.92 Å². The number of amides is 1. The van der Waals surface area contributed by atoms with Gasteiger partial charge in [-0.3, -0.25) is 4.79 Å². The molecular formula is C20H27N2O2+. The summed E-state index contributed by atoms with van der Waals surface area (Å²) in [6.45, 7) is 3.51. The standard InChI is InChI=1S/C20H26N2O2/c1-15-9-10-19(24-4)18(11-15)12-20(23)21-13-16-7-5-6-8-17(16)14-22(2)3/h5-11H,12-14H2,1-4H3,(H,21,23)/p+1. The van der Waals surface area contributed by atoms with E-state index in [1.54, 1.807) is 7.11 Å². The highest BCUT2D eigenvalue weighted by atomic mass is 16.5. The molecule has 0 aliphatic rings. The van der Waals surface area contributed by atoms with Crippen LogP contribution < -0.4 is 15.0 Å². The van der Waals surface area contributed by atoms with Gasteiger partial charge in [0.05, 0.1) is 27.6 Å². The Kier molecular flexibility index (Phi) is 6.38. The molecule has 0 bridgehead atoms. The topological polar surface area (TPSA) is 42.8 Å². The average molecular weight is 327 g/mol. The molecule has 0 aliphatic heterocycles. The van der Waals surface area contributed by atoms with Gasteiger partial charge in [0, 0.05) is 17.7 Å². The lowest BCUT2D eigenvalue weighted by Crippen LogP contribution is -3.04. The minimum atomic E-state index is 0.00547. The summed E-state index contributed by atoms with van der Waals surface area (Å²) in [7, 11) is 5.88. The van der Waals surface area contributed by atoms with Gasteiger partial charge in [0.1, 0.15) is 12.3 Å². The Morgan fingerprint density at radius 1 is 1.08 bits per heavy atom. The Morgan fingerprint density at radius 2 is 1.79 bits per heavy atom. The number of rotatable bonds is 7. The van der Waals surface area contributed by atoms with E-state index in [0.29, 0.717) is 13.0 Å². The summed E-state index contributed by atoms with van der Waals surface area (Å²) in [5, 5.41) is 3.03. The van der Waals surface area contributed by atoms with Gasteiger partial charge in [0.15, 0.2) is 0 Å². The predicted molar refractivity (Wildman–Crippen MR) is 96.2 cm³/mol. The number of carbonyl (C=O) groups excluding carboxylic acids is 1. The number of hydrogen-bond donors (Lipinski definition) is 2. The highest BCUT2D eigenvalue weighted by molar-refractivity contribution is 5.79. The number of carbonyl (C=O) groups is 1. The van der Waals surface area contributed by atoms with E-state index in [9.17, 15) is 4.79 Å². The first-order valence-corrected chi connectivity index (χ1v) is 8.25. The fraction of sp³-hybridized carbons (Fsp3) is 0.350. The van der Waals surface area contributed by atoms with Gasteiger partial charge in [-0.05, 0) is 18.6 Å². The zero-order valence-electron chi connectivity index (χ0n) is 15.0. The van der Waals surface area contributed by atoms with Crippen molar-refractivity contribution in [1.82, 2.24) is 5.32 Å². The molecule has 2 N–H and O–H groups in total. The van der Waals surface area contributed by atoms with Gasteiger partial charge in [-0.2, -0.15) is 0 Å². The fourth-order valence-corrected chi connectivity index (χ4v) is 2.76. The van der Waals surface area contributed by atoms with Crippen LogP contribution in [0.4, 0.5) is 0 Å². The van der Waals surface area contributed by atoms with Crippen molar-refractivity contribution in [1.29, 1.82) is 0 Å². The quantitative estimate of drug-likeness (QED) is 0.809. The number of hydrogen-bond acceptors (Lipinski definition) is 2. The van der Waals surface area contributed by atoms with Gasteiger partial charge in [-0.15, -0.1) is 0 Å². The smallest absolute Gasteiger partial charge is 0.224 e. The normalized spacial score (nSPS) is 10.7. The van der Waals surface area contributed by atoms with Gasteiger partial charge in [-0.25, -0.2) is 0 Å². The van der Waals surface area contributed by atoms with E-state index in [-0.39, 0.29) is 5.91 Å². The van der Waals surface area contributed by atoms with Crippen LogP contribution in [0.25, 0.3) is 0 Å². The van der Waals surface area contributed by atoms with Gasteiger partial charge in [-0.1, -0.05) is 42.0 Å². The molecule has 0 aliphatic carbocycles. The van der Waals surface area contributed by atoms with E-state index >= 15 is 0 Å². The summed E-state index contributed by atoms with van der Waals surface area (Å²) in [5.41, 5.74) is 4.48. The second kappa shape index (κ2) is 8.50. The van der Waals surface area contributed by atoms with Crippen LogP contribution in [0.15, 0.2) is 42.5 Å². The molecule has 4 heteroatoms. The largest absolute Gasteiger partial charge is 0.496 e. The van der Waals surface area contributed by atoms with Crippen LogP contribution in [-0.4, -0.2) is 27.1 Å². The lowest BCUT2D eigenvalue weighted by molar-refractivity contribution is -0.872. The van der Waals surface area contributed by atoms with Crippen molar-refractivity contribution >= 4 is 5.91 Å². The van der Waals surface area contributed by atoms with Crippen molar-refractivity contribution in [3.63, 3.8) is 0 Å². The zero-order chi connectivity index (χ0) is 17.5. The van der Waals surface area contributed by atoms with E-state index in [1.807, 2.05) is 37.3 Å². The zero-order valence-corrected chi connectivity index (χ0v) is 15.0. The molecule has 24 heavy (non-hydrogen) atoms. The number of quaternary nitrogens is 1. The maximum Gasteiger partial charge on any atom is 0.224 e. The number of aryl methyl sites for hydroxylation is 1. The van der Waals surface area contributed by atoms with Crippen LogP contribution >= 0.6 is 0 Å². The van der Waals surface area contributed by atoms with Crippen molar-refractivity contribution < 1.29 is 14.4 Å². The van der Waals surface area contributed by atoms with Crippen molar-refractivity contribution in [2.45, 2.75) is 26.4 Å². The van der Waals surface area contributed by atoms with Crippen molar-refractivity contribution in [2.75, 3.05) is 21.2 Å². The molecule has 0 heterocycles. The van der Waals surface area contributed by atoms with Crippen molar-refractivity contribution in [3.05, 3.63) is 64.7 Å². The van der Waals surface area contributed by atoms with E-state index < -0.39 is 0 Å². The third-order valence-corrected chi connectivity index (χ3v) is 3.93. The molecule has 0 saturated carbocycles. The van der Waals surface area contributed by atoms with Gasteiger partial charge in [0.2, 0.25) is 5.91 Å². The van der Waals surface area contributed by atoms with E-state index in [0.717, 1.165) is 23.4 Å². The van der Waals surface area contributed by atoms with Crippen LogP contribution in [0.3, 0.4) is 0 Å². The molecule has 0 spiro atoms. The number of methoxy groups -OCH3 is 1. The molecule has 2 aromatic rings. The van der Waals surface area contributed by atoms with Crippen molar-refractivity contribution in [3.8, 4) is 5.75 Å². The first-order chi connectivity index (χ1) is 11.5. The first kappa shape index (κ1) is 18.0. The molecule has 0 fully saturated rings. The molecular weight excluding hydrogens is 300 g/mol. The van der Waals surface area contributed by atoms with Gasteiger partial charge >= 0.3 is 0 Å². The van der Waals surface area contributed by atoms with Crippen LogP contribution in [0.5, 0.6) is 5.75 Å². The molecule has 0 saturated heterocycles. The lowest BCUT2D eigenvalue weighted by atomic mass is 10.1. The molecule has 0 aromatic heterocycles. The highest BCUT2D eigenvalue weighted by Crippen LogP contribution is 2.20. The third-order valence-electron chi connectivity index (χ3n) is 3.93. The van der Waals surface area contributed by atoms with Crippen LogP contribution in [-0.2, 0) is 24.3 Å². The molecule has 0 radical (unpaired) electrons. The second-order valence-corrected chi connectivity index (χ2v) is 6.42. The van der Waals surface area contributed by atoms with E-state index in [1.165, 1.54) is 16.0 Å². The SMILES string of the molecule is COc1ccc(C)cc1CC(=O)NCc1ccccc1C[NH+](C)C. The van der Waals surface area contributed by atoms with E-state index in [2.05, 4.69) is 31.5 Å². The Balaban J connectivity index is 2.00. The van der Waals surface area contributed by atoms with Crippen LogP contribution in [0.2, 0.25) is 0 Å². The lowest BCUT2D eigenvalue weighted by Gasteiger charge is -2.13. The Morgan fingerprint density at radius 3 is 2.46 bits per heavy atom. The molecule has 1 amide bonds. The monoisotopic (exact) mass is 327 g/mol. The van der Waals surface area contributed by atoms with Crippen LogP contribution in [0.1, 0.15) is 22.3 Å². The Bertz CT molecular complexity index is 696. The molecule has 2 aromatic carbocycles. The summed E-state index contributed by atoms with van der Waals surface area (Å²) in [5.74, 6) is 0.762. The number of nitrogens with one attached hydrogen (secondary N) is 2.